The number of benzene rings is 1. The van der Waals surface area contributed by atoms with Crippen molar-refractivity contribution in [2.75, 3.05) is 13.2 Å². The van der Waals surface area contributed by atoms with Crippen LogP contribution in [0.25, 0.3) is 0 Å². The number of hydrogen-bond donors (Lipinski definition) is 0. The van der Waals surface area contributed by atoms with E-state index >= 15 is 0 Å². The lowest BCUT2D eigenvalue weighted by atomic mass is 9.74. The van der Waals surface area contributed by atoms with Crippen LogP contribution in [0.5, 0.6) is 0 Å². The molecule has 0 spiro atoms. The van der Waals surface area contributed by atoms with E-state index in [-0.39, 0.29) is 6.10 Å². The lowest BCUT2D eigenvalue weighted by Crippen LogP contribution is -2.31. The average Bonchev–Trinajstić information content (AvgIpc) is 2.72. The summed E-state index contributed by atoms with van der Waals surface area (Å²) in [5.41, 5.74) is 2.81. The van der Waals surface area contributed by atoms with Gasteiger partial charge in [-0.25, -0.2) is 0 Å². The SMILES string of the molecule is CCCCCCC1COC(c2ccc(C3CCCCC3CC)cc2)CO1. The summed E-state index contributed by atoms with van der Waals surface area (Å²) in [5, 5.41) is 0. The molecule has 1 aromatic carbocycles. The highest BCUT2D eigenvalue weighted by atomic mass is 16.6. The number of rotatable bonds is 8. The van der Waals surface area contributed by atoms with Crippen molar-refractivity contribution in [1.29, 1.82) is 0 Å². The average molecular weight is 359 g/mol. The summed E-state index contributed by atoms with van der Waals surface area (Å²) in [7, 11) is 0. The zero-order valence-corrected chi connectivity index (χ0v) is 16.9. The molecule has 1 saturated heterocycles. The maximum Gasteiger partial charge on any atom is 0.106 e. The van der Waals surface area contributed by atoms with Crippen molar-refractivity contribution in [2.24, 2.45) is 5.92 Å². The van der Waals surface area contributed by atoms with Gasteiger partial charge in [0.2, 0.25) is 0 Å². The number of ether oxygens (including phenoxy) is 2. The van der Waals surface area contributed by atoms with E-state index < -0.39 is 0 Å². The first kappa shape index (κ1) is 19.9. The van der Waals surface area contributed by atoms with Crippen LogP contribution in [0.2, 0.25) is 0 Å². The molecule has 2 fully saturated rings. The van der Waals surface area contributed by atoms with E-state index in [9.17, 15) is 0 Å². The predicted molar refractivity (Wildman–Crippen MR) is 109 cm³/mol. The van der Waals surface area contributed by atoms with E-state index in [0.717, 1.165) is 24.9 Å². The van der Waals surface area contributed by atoms with Gasteiger partial charge in [0.05, 0.1) is 19.3 Å². The van der Waals surface area contributed by atoms with Crippen molar-refractivity contribution >= 4 is 0 Å². The molecule has 4 atom stereocenters. The highest BCUT2D eigenvalue weighted by Gasteiger charge is 2.26. The molecule has 1 saturated carbocycles. The van der Waals surface area contributed by atoms with Crippen molar-refractivity contribution < 1.29 is 9.47 Å². The monoisotopic (exact) mass is 358 g/mol. The Kier molecular flexibility index (Phi) is 8.01. The van der Waals surface area contributed by atoms with Crippen LogP contribution in [0.15, 0.2) is 24.3 Å². The molecule has 2 heteroatoms. The topological polar surface area (TPSA) is 18.5 Å². The van der Waals surface area contributed by atoms with E-state index in [1.807, 2.05) is 0 Å². The van der Waals surface area contributed by atoms with Crippen LogP contribution in [0.1, 0.15) is 101 Å². The Morgan fingerprint density at radius 2 is 1.62 bits per heavy atom. The van der Waals surface area contributed by atoms with Crippen LogP contribution in [-0.2, 0) is 9.47 Å². The van der Waals surface area contributed by atoms with E-state index in [2.05, 4.69) is 38.1 Å². The Hall–Kier alpha value is -0.860. The third-order valence-electron chi connectivity index (χ3n) is 6.52. The maximum absolute atomic E-state index is 6.14. The highest BCUT2D eigenvalue weighted by molar-refractivity contribution is 5.28. The Balaban J connectivity index is 1.48. The first-order valence-corrected chi connectivity index (χ1v) is 11.1. The summed E-state index contributed by atoms with van der Waals surface area (Å²) >= 11 is 0. The molecule has 0 aromatic heterocycles. The molecule has 1 heterocycles. The minimum absolute atomic E-state index is 0.115. The van der Waals surface area contributed by atoms with Gasteiger partial charge in [0.15, 0.2) is 0 Å². The van der Waals surface area contributed by atoms with E-state index in [1.54, 1.807) is 0 Å². The van der Waals surface area contributed by atoms with Crippen LogP contribution in [0.3, 0.4) is 0 Å². The summed E-state index contributed by atoms with van der Waals surface area (Å²) < 4.78 is 12.2. The maximum atomic E-state index is 6.14. The normalized spacial score (nSPS) is 29.6. The molecule has 0 amide bonds. The van der Waals surface area contributed by atoms with Crippen LogP contribution < -0.4 is 0 Å². The van der Waals surface area contributed by atoms with Gasteiger partial charge in [0.1, 0.15) is 6.10 Å². The summed E-state index contributed by atoms with van der Waals surface area (Å²) in [4.78, 5) is 0. The summed E-state index contributed by atoms with van der Waals surface area (Å²) in [6.07, 6.45) is 13.7. The lowest BCUT2D eigenvalue weighted by Gasteiger charge is -2.32. The predicted octanol–water partition coefficient (Wildman–Crippen LogP) is 6.80. The fourth-order valence-corrected chi connectivity index (χ4v) is 4.79. The van der Waals surface area contributed by atoms with Crippen molar-refractivity contribution in [3.05, 3.63) is 35.4 Å². The molecule has 0 radical (unpaired) electrons. The molecule has 146 valence electrons. The molecule has 4 unspecified atom stereocenters. The van der Waals surface area contributed by atoms with E-state index in [4.69, 9.17) is 9.47 Å². The Bertz CT molecular complexity index is 501. The van der Waals surface area contributed by atoms with E-state index in [1.165, 1.54) is 68.9 Å². The first-order chi connectivity index (χ1) is 12.8. The molecular formula is C24H38O2. The molecule has 1 aliphatic carbocycles. The van der Waals surface area contributed by atoms with Gasteiger partial charge in [-0.15, -0.1) is 0 Å². The Labute approximate surface area is 160 Å². The van der Waals surface area contributed by atoms with Gasteiger partial charge in [-0.05, 0) is 42.2 Å². The summed E-state index contributed by atoms with van der Waals surface area (Å²) in [6, 6.07) is 9.28. The van der Waals surface area contributed by atoms with Gasteiger partial charge in [-0.1, -0.05) is 83.1 Å². The van der Waals surface area contributed by atoms with Crippen molar-refractivity contribution in [3.63, 3.8) is 0 Å². The Morgan fingerprint density at radius 1 is 0.846 bits per heavy atom. The number of unbranched alkanes of at least 4 members (excludes halogenated alkanes) is 3. The fourth-order valence-electron chi connectivity index (χ4n) is 4.79. The third kappa shape index (κ3) is 5.33. The second-order valence-electron chi connectivity index (χ2n) is 8.35. The van der Waals surface area contributed by atoms with E-state index in [0.29, 0.717) is 12.7 Å². The standard InChI is InChI=1S/C24H38O2/c1-3-5-6-7-11-22-17-26-24(18-25-22)21-15-13-20(14-16-21)23-12-9-8-10-19(23)4-2/h13-16,19,22-24H,3-12,17-18H2,1-2H3. The molecule has 0 N–H and O–H groups in total. The second-order valence-corrected chi connectivity index (χ2v) is 8.35. The lowest BCUT2D eigenvalue weighted by molar-refractivity contribution is -0.137. The second kappa shape index (κ2) is 10.5. The molecular weight excluding hydrogens is 320 g/mol. The minimum atomic E-state index is 0.115. The van der Waals surface area contributed by atoms with Gasteiger partial charge in [-0.2, -0.15) is 0 Å². The molecule has 26 heavy (non-hydrogen) atoms. The van der Waals surface area contributed by atoms with Crippen LogP contribution in [-0.4, -0.2) is 19.3 Å². The third-order valence-corrected chi connectivity index (χ3v) is 6.52. The highest BCUT2D eigenvalue weighted by Crippen LogP contribution is 2.39. The van der Waals surface area contributed by atoms with Gasteiger partial charge < -0.3 is 9.47 Å². The smallest absolute Gasteiger partial charge is 0.106 e. The summed E-state index contributed by atoms with van der Waals surface area (Å²) in [5.74, 6) is 1.64. The molecule has 1 aliphatic heterocycles. The Morgan fingerprint density at radius 3 is 2.31 bits per heavy atom. The zero-order valence-electron chi connectivity index (χ0n) is 16.9. The zero-order chi connectivity index (χ0) is 18.2. The minimum Gasteiger partial charge on any atom is -0.373 e. The quantitative estimate of drug-likeness (QED) is 0.476. The summed E-state index contributed by atoms with van der Waals surface area (Å²) in [6.45, 7) is 6.06. The molecule has 2 nitrogen and oxygen atoms in total. The molecule has 0 bridgehead atoms. The molecule has 3 rings (SSSR count). The fraction of sp³-hybridized carbons (Fsp3) is 0.750. The molecule has 1 aromatic rings. The number of hydrogen-bond acceptors (Lipinski definition) is 2. The van der Waals surface area contributed by atoms with Crippen molar-refractivity contribution in [2.45, 2.75) is 96.2 Å². The van der Waals surface area contributed by atoms with Gasteiger partial charge in [0, 0.05) is 0 Å². The van der Waals surface area contributed by atoms with Crippen molar-refractivity contribution in [1.82, 2.24) is 0 Å². The molecule has 2 aliphatic rings. The largest absolute Gasteiger partial charge is 0.373 e. The van der Waals surface area contributed by atoms with Crippen molar-refractivity contribution in [3.8, 4) is 0 Å². The first-order valence-electron chi connectivity index (χ1n) is 11.1. The van der Waals surface area contributed by atoms with Crippen LogP contribution >= 0.6 is 0 Å². The van der Waals surface area contributed by atoms with Crippen LogP contribution in [0.4, 0.5) is 0 Å². The van der Waals surface area contributed by atoms with Gasteiger partial charge in [-0.3, -0.25) is 0 Å². The van der Waals surface area contributed by atoms with Gasteiger partial charge in [0.25, 0.3) is 0 Å². The van der Waals surface area contributed by atoms with Gasteiger partial charge >= 0.3 is 0 Å². The van der Waals surface area contributed by atoms with Crippen LogP contribution in [0, 0.1) is 5.92 Å².